The van der Waals surface area contributed by atoms with Crippen molar-refractivity contribution >= 4 is 41.0 Å². The summed E-state index contributed by atoms with van der Waals surface area (Å²) in [4.78, 5) is 23.6. The SMILES string of the molecule is [B]c1ccc(OCC(=O)O)c(C(=O)c2cnn(-c3cccc(Br)c3)c2)c1. The van der Waals surface area contributed by atoms with Gasteiger partial charge in [0.25, 0.3) is 0 Å². The Labute approximate surface area is 158 Å². The van der Waals surface area contributed by atoms with Crippen LogP contribution in [0.3, 0.4) is 0 Å². The molecule has 6 nitrogen and oxygen atoms in total. The van der Waals surface area contributed by atoms with E-state index < -0.39 is 12.6 Å². The number of halogens is 1. The molecule has 1 aromatic heterocycles. The van der Waals surface area contributed by atoms with Gasteiger partial charge >= 0.3 is 5.97 Å². The van der Waals surface area contributed by atoms with Gasteiger partial charge in [-0.3, -0.25) is 4.79 Å². The first-order valence-electron chi connectivity index (χ1n) is 7.53. The summed E-state index contributed by atoms with van der Waals surface area (Å²) in [5, 5.41) is 13.0. The van der Waals surface area contributed by atoms with Crippen LogP contribution in [0.5, 0.6) is 5.75 Å². The van der Waals surface area contributed by atoms with E-state index in [0.717, 1.165) is 10.2 Å². The summed E-state index contributed by atoms with van der Waals surface area (Å²) in [6.45, 7) is -0.554. The topological polar surface area (TPSA) is 81.4 Å². The molecule has 1 N–H and O–H groups in total. The molecule has 128 valence electrons. The highest BCUT2D eigenvalue weighted by Crippen LogP contribution is 2.22. The molecule has 26 heavy (non-hydrogen) atoms. The zero-order valence-corrected chi connectivity index (χ0v) is 15.0. The number of ketones is 1. The Bertz CT molecular complexity index is 987. The van der Waals surface area contributed by atoms with E-state index in [-0.39, 0.29) is 17.1 Å². The van der Waals surface area contributed by atoms with Gasteiger partial charge < -0.3 is 9.84 Å². The minimum Gasteiger partial charge on any atom is -0.481 e. The van der Waals surface area contributed by atoms with Crippen molar-refractivity contribution in [2.45, 2.75) is 0 Å². The molecule has 2 aromatic carbocycles. The Morgan fingerprint density at radius 3 is 2.77 bits per heavy atom. The second-order valence-corrected chi connectivity index (χ2v) is 6.34. The van der Waals surface area contributed by atoms with Crippen LogP contribution < -0.4 is 10.2 Å². The number of nitrogens with zero attached hydrogens (tertiary/aromatic N) is 2. The van der Waals surface area contributed by atoms with E-state index in [2.05, 4.69) is 21.0 Å². The minimum atomic E-state index is -1.14. The van der Waals surface area contributed by atoms with Gasteiger partial charge in [-0.2, -0.15) is 5.10 Å². The Balaban J connectivity index is 1.92. The van der Waals surface area contributed by atoms with Crippen LogP contribution in [0.15, 0.2) is 59.3 Å². The number of rotatable bonds is 6. The molecule has 0 saturated carbocycles. The molecule has 0 unspecified atom stereocenters. The summed E-state index contributed by atoms with van der Waals surface area (Å²) in [5.41, 5.74) is 1.67. The zero-order valence-electron chi connectivity index (χ0n) is 13.4. The van der Waals surface area contributed by atoms with Crippen molar-refractivity contribution in [2.75, 3.05) is 6.61 Å². The van der Waals surface area contributed by atoms with Crippen molar-refractivity contribution in [2.24, 2.45) is 0 Å². The average molecular weight is 411 g/mol. The summed E-state index contributed by atoms with van der Waals surface area (Å²) >= 11 is 3.39. The normalized spacial score (nSPS) is 10.5. The van der Waals surface area contributed by atoms with E-state index in [1.807, 2.05) is 24.3 Å². The molecule has 3 aromatic rings. The summed E-state index contributed by atoms with van der Waals surface area (Å²) in [7, 11) is 5.76. The maximum atomic E-state index is 12.8. The summed E-state index contributed by atoms with van der Waals surface area (Å²) in [6, 6.07) is 11.9. The number of hydrogen-bond donors (Lipinski definition) is 1. The third-order valence-electron chi connectivity index (χ3n) is 3.52. The van der Waals surface area contributed by atoms with Gasteiger partial charge in [0.15, 0.2) is 12.4 Å². The Morgan fingerprint density at radius 2 is 2.04 bits per heavy atom. The Kier molecular flexibility index (Phi) is 5.23. The number of benzene rings is 2. The molecular formula is C18H12BBrN2O4. The molecule has 1 heterocycles. The van der Waals surface area contributed by atoms with Gasteiger partial charge in [-0.15, -0.1) is 0 Å². The predicted molar refractivity (Wildman–Crippen MR) is 99.7 cm³/mol. The lowest BCUT2D eigenvalue weighted by molar-refractivity contribution is -0.139. The highest BCUT2D eigenvalue weighted by molar-refractivity contribution is 9.10. The maximum Gasteiger partial charge on any atom is 0.341 e. The highest BCUT2D eigenvalue weighted by atomic mass is 79.9. The molecule has 0 saturated heterocycles. The molecule has 3 rings (SSSR count). The molecular weight excluding hydrogens is 399 g/mol. The van der Waals surface area contributed by atoms with Crippen LogP contribution in [0.25, 0.3) is 5.69 Å². The number of hydrogen-bond acceptors (Lipinski definition) is 4. The first-order valence-corrected chi connectivity index (χ1v) is 8.33. The van der Waals surface area contributed by atoms with Crippen LogP contribution in [0.1, 0.15) is 15.9 Å². The van der Waals surface area contributed by atoms with E-state index in [9.17, 15) is 9.59 Å². The van der Waals surface area contributed by atoms with Crippen molar-refractivity contribution in [3.63, 3.8) is 0 Å². The van der Waals surface area contributed by atoms with E-state index >= 15 is 0 Å². The lowest BCUT2D eigenvalue weighted by atomic mass is 9.92. The molecule has 0 aliphatic carbocycles. The van der Waals surface area contributed by atoms with Gasteiger partial charge in [0.1, 0.15) is 13.6 Å². The second-order valence-electron chi connectivity index (χ2n) is 5.42. The van der Waals surface area contributed by atoms with Gasteiger partial charge in [-0.1, -0.05) is 39.6 Å². The number of carbonyl (C=O) groups excluding carboxylic acids is 1. The van der Waals surface area contributed by atoms with Crippen molar-refractivity contribution in [1.82, 2.24) is 9.78 Å². The van der Waals surface area contributed by atoms with E-state index in [4.69, 9.17) is 17.7 Å². The molecule has 0 fully saturated rings. The molecule has 0 amide bonds. The molecule has 0 atom stereocenters. The third-order valence-corrected chi connectivity index (χ3v) is 4.01. The Hall–Kier alpha value is -2.87. The fraction of sp³-hybridized carbons (Fsp3) is 0.0556. The third kappa shape index (κ3) is 4.03. The number of carbonyl (C=O) groups is 2. The highest BCUT2D eigenvalue weighted by Gasteiger charge is 2.18. The van der Waals surface area contributed by atoms with Crippen LogP contribution in [0, 0.1) is 0 Å². The summed E-state index contributed by atoms with van der Waals surface area (Å²) < 4.78 is 7.65. The molecule has 0 bridgehead atoms. The molecule has 0 aliphatic rings. The fourth-order valence-electron chi connectivity index (χ4n) is 2.35. The van der Waals surface area contributed by atoms with Crippen molar-refractivity contribution in [3.8, 4) is 11.4 Å². The van der Waals surface area contributed by atoms with Crippen LogP contribution in [0.4, 0.5) is 0 Å². The largest absolute Gasteiger partial charge is 0.481 e. The van der Waals surface area contributed by atoms with Crippen molar-refractivity contribution in [1.29, 1.82) is 0 Å². The maximum absolute atomic E-state index is 12.8. The van der Waals surface area contributed by atoms with Gasteiger partial charge in [0.2, 0.25) is 0 Å². The number of carboxylic acid groups (broad SMARTS) is 1. The van der Waals surface area contributed by atoms with Gasteiger partial charge in [0.05, 0.1) is 23.0 Å². The average Bonchev–Trinajstić information content (AvgIpc) is 3.10. The first kappa shape index (κ1) is 17.9. The summed E-state index contributed by atoms with van der Waals surface area (Å²) in [5.74, 6) is -1.34. The minimum absolute atomic E-state index is 0.154. The van der Waals surface area contributed by atoms with Crippen LogP contribution in [-0.2, 0) is 4.79 Å². The van der Waals surface area contributed by atoms with Gasteiger partial charge in [0, 0.05) is 10.7 Å². The molecule has 2 radical (unpaired) electrons. The van der Waals surface area contributed by atoms with Crippen LogP contribution >= 0.6 is 15.9 Å². The lowest BCUT2D eigenvalue weighted by Gasteiger charge is -2.09. The van der Waals surface area contributed by atoms with Gasteiger partial charge in [-0.25, -0.2) is 9.48 Å². The van der Waals surface area contributed by atoms with Crippen LogP contribution in [0.2, 0.25) is 0 Å². The van der Waals surface area contributed by atoms with E-state index in [0.29, 0.717) is 11.0 Å². The first-order chi connectivity index (χ1) is 12.4. The lowest BCUT2D eigenvalue weighted by Crippen LogP contribution is -2.15. The molecule has 0 aliphatic heterocycles. The number of aromatic nitrogens is 2. The monoisotopic (exact) mass is 410 g/mol. The quantitative estimate of drug-likeness (QED) is 0.497. The number of aliphatic carboxylic acids is 1. The molecule has 0 spiro atoms. The predicted octanol–water partition coefficient (Wildman–Crippen LogP) is 2.12. The van der Waals surface area contributed by atoms with Crippen molar-refractivity contribution < 1.29 is 19.4 Å². The smallest absolute Gasteiger partial charge is 0.341 e. The van der Waals surface area contributed by atoms with Gasteiger partial charge in [-0.05, 0) is 24.3 Å². The Morgan fingerprint density at radius 1 is 1.23 bits per heavy atom. The van der Waals surface area contributed by atoms with E-state index in [1.165, 1.54) is 18.3 Å². The standard InChI is InChI=1S/C18H12BBrN2O4/c19-12-4-5-16(26-10-17(23)24)15(6-12)18(25)11-8-21-22(9-11)14-3-1-2-13(20)7-14/h1-9H,10H2,(H,23,24). The van der Waals surface area contributed by atoms with Crippen molar-refractivity contribution in [3.05, 3.63) is 70.5 Å². The van der Waals surface area contributed by atoms with Crippen LogP contribution in [-0.4, -0.2) is 41.1 Å². The van der Waals surface area contributed by atoms with E-state index in [1.54, 1.807) is 16.9 Å². The zero-order chi connectivity index (χ0) is 18.7. The summed E-state index contributed by atoms with van der Waals surface area (Å²) in [6.07, 6.45) is 3.03. The fourth-order valence-corrected chi connectivity index (χ4v) is 2.73. The number of ether oxygens (including phenoxy) is 1. The number of carboxylic acids is 1. The molecule has 8 heteroatoms. The second kappa shape index (κ2) is 7.57.